The van der Waals surface area contributed by atoms with E-state index in [-0.39, 0.29) is 35.0 Å². The first-order valence-electron chi connectivity index (χ1n) is 7.86. The zero-order chi connectivity index (χ0) is 18.3. The van der Waals surface area contributed by atoms with Crippen molar-refractivity contribution in [2.45, 2.75) is 12.3 Å². The average molecular weight is 376 g/mol. The third-order valence-corrected chi connectivity index (χ3v) is 4.53. The zero-order valence-corrected chi connectivity index (χ0v) is 14.1. The summed E-state index contributed by atoms with van der Waals surface area (Å²) >= 11 is 5.77. The van der Waals surface area contributed by atoms with Gasteiger partial charge in [-0.25, -0.2) is 8.78 Å². The van der Waals surface area contributed by atoms with Gasteiger partial charge in [0.15, 0.2) is 5.82 Å². The fourth-order valence-corrected chi connectivity index (χ4v) is 3.08. The first-order chi connectivity index (χ1) is 12.5. The Bertz CT molecular complexity index is 975. The average Bonchev–Trinajstić information content (AvgIpc) is 3.25. The van der Waals surface area contributed by atoms with Crippen LogP contribution in [0.3, 0.4) is 0 Å². The number of benzene rings is 2. The van der Waals surface area contributed by atoms with E-state index in [4.69, 9.17) is 16.1 Å². The van der Waals surface area contributed by atoms with E-state index in [1.54, 1.807) is 17.0 Å². The number of halogens is 3. The van der Waals surface area contributed by atoms with Crippen LogP contribution in [0.5, 0.6) is 0 Å². The van der Waals surface area contributed by atoms with Crippen LogP contribution in [0.15, 0.2) is 47.0 Å². The van der Waals surface area contributed by atoms with Crippen LogP contribution in [0, 0.1) is 11.6 Å². The molecule has 1 fully saturated rings. The highest BCUT2D eigenvalue weighted by Crippen LogP contribution is 2.32. The number of nitrogens with zero attached hydrogens (tertiary/aromatic N) is 3. The molecule has 3 aromatic rings. The molecule has 5 nitrogen and oxygen atoms in total. The lowest BCUT2D eigenvalue weighted by molar-refractivity contribution is -0.117. The summed E-state index contributed by atoms with van der Waals surface area (Å²) in [5.41, 5.74) is 1.11. The Morgan fingerprint density at radius 2 is 1.92 bits per heavy atom. The van der Waals surface area contributed by atoms with Crippen molar-refractivity contribution in [1.29, 1.82) is 0 Å². The summed E-state index contributed by atoms with van der Waals surface area (Å²) in [6.45, 7) is 0.369. The van der Waals surface area contributed by atoms with Gasteiger partial charge in [-0.1, -0.05) is 16.8 Å². The van der Waals surface area contributed by atoms with Crippen LogP contribution in [-0.4, -0.2) is 22.6 Å². The van der Waals surface area contributed by atoms with Gasteiger partial charge in [0.25, 0.3) is 5.89 Å². The second-order valence-electron chi connectivity index (χ2n) is 5.97. The summed E-state index contributed by atoms with van der Waals surface area (Å²) in [6.07, 6.45) is 0.223. The Hall–Kier alpha value is -2.80. The molecular formula is C18H12ClF2N3O2. The van der Waals surface area contributed by atoms with E-state index in [2.05, 4.69) is 10.1 Å². The molecule has 1 aliphatic rings. The van der Waals surface area contributed by atoms with Gasteiger partial charge in [-0.3, -0.25) is 4.79 Å². The van der Waals surface area contributed by atoms with Gasteiger partial charge < -0.3 is 9.42 Å². The normalized spacial score (nSPS) is 17.1. The van der Waals surface area contributed by atoms with Gasteiger partial charge in [0, 0.05) is 30.1 Å². The van der Waals surface area contributed by atoms with Crippen molar-refractivity contribution >= 4 is 23.2 Å². The Labute approximate surface area is 152 Å². The molecule has 0 aliphatic carbocycles. The number of rotatable bonds is 3. The molecule has 0 bridgehead atoms. The summed E-state index contributed by atoms with van der Waals surface area (Å²) in [5, 5.41) is 3.90. The van der Waals surface area contributed by atoms with Gasteiger partial charge in [0.2, 0.25) is 5.91 Å². The van der Waals surface area contributed by atoms with E-state index in [0.717, 1.165) is 0 Å². The number of aromatic nitrogens is 2. The molecule has 1 aliphatic heterocycles. The Kier molecular flexibility index (Phi) is 4.16. The summed E-state index contributed by atoms with van der Waals surface area (Å²) < 4.78 is 31.6. The van der Waals surface area contributed by atoms with Crippen LogP contribution in [-0.2, 0) is 4.79 Å². The lowest BCUT2D eigenvalue weighted by atomic mass is 10.1. The van der Waals surface area contributed by atoms with Gasteiger partial charge in [0.05, 0.1) is 5.02 Å². The fraction of sp³-hybridized carbons (Fsp3) is 0.167. The molecule has 0 N–H and O–H groups in total. The van der Waals surface area contributed by atoms with Gasteiger partial charge in [0.1, 0.15) is 11.6 Å². The summed E-state index contributed by atoms with van der Waals surface area (Å²) in [6, 6.07) is 9.83. The minimum atomic E-state index is -0.536. The van der Waals surface area contributed by atoms with Crippen LogP contribution in [0.1, 0.15) is 18.2 Å². The minimum absolute atomic E-state index is 0.0409. The first-order valence-corrected chi connectivity index (χ1v) is 8.24. The van der Waals surface area contributed by atoms with Crippen molar-refractivity contribution in [3.05, 3.63) is 64.9 Å². The zero-order valence-electron chi connectivity index (χ0n) is 13.3. The standard InChI is InChI=1S/C18H12ClF2N3O2/c19-14-7-10(1-6-15(14)21)18-22-17(23-26-18)11-8-16(25)24(9-11)13-4-2-12(20)3-5-13/h1-7,11H,8-9H2. The largest absolute Gasteiger partial charge is 0.334 e. The van der Waals surface area contributed by atoms with E-state index in [1.807, 2.05) is 0 Å². The molecule has 8 heteroatoms. The summed E-state index contributed by atoms with van der Waals surface area (Å²) in [7, 11) is 0. The third-order valence-electron chi connectivity index (χ3n) is 4.24. The fourth-order valence-electron chi connectivity index (χ4n) is 2.90. The second kappa shape index (κ2) is 6.49. The first kappa shape index (κ1) is 16.7. The van der Waals surface area contributed by atoms with Gasteiger partial charge >= 0.3 is 0 Å². The quantitative estimate of drug-likeness (QED) is 0.688. The lowest BCUT2D eigenvalue weighted by Crippen LogP contribution is -2.24. The van der Waals surface area contributed by atoms with E-state index >= 15 is 0 Å². The van der Waals surface area contributed by atoms with Crippen molar-refractivity contribution in [2.24, 2.45) is 0 Å². The minimum Gasteiger partial charge on any atom is -0.334 e. The van der Waals surface area contributed by atoms with Crippen molar-refractivity contribution in [2.75, 3.05) is 11.4 Å². The number of carbonyl (C=O) groups excluding carboxylic acids is 1. The van der Waals surface area contributed by atoms with Crippen LogP contribution in [0.25, 0.3) is 11.5 Å². The maximum Gasteiger partial charge on any atom is 0.257 e. The van der Waals surface area contributed by atoms with Crippen LogP contribution >= 0.6 is 11.6 Å². The predicted molar refractivity (Wildman–Crippen MR) is 90.8 cm³/mol. The Balaban J connectivity index is 1.55. The van der Waals surface area contributed by atoms with E-state index in [0.29, 0.717) is 23.6 Å². The summed E-state index contributed by atoms with van der Waals surface area (Å²) in [4.78, 5) is 18.2. The van der Waals surface area contributed by atoms with Crippen molar-refractivity contribution in [3.63, 3.8) is 0 Å². The van der Waals surface area contributed by atoms with Gasteiger partial charge in [-0.15, -0.1) is 0 Å². The molecule has 0 saturated carbocycles. The molecule has 1 atom stereocenters. The van der Waals surface area contributed by atoms with Crippen molar-refractivity contribution < 1.29 is 18.1 Å². The number of anilines is 1. The molecule has 4 rings (SSSR count). The molecule has 1 aromatic heterocycles. The summed E-state index contributed by atoms with van der Waals surface area (Å²) in [5.74, 6) is -0.657. The second-order valence-corrected chi connectivity index (χ2v) is 6.38. The SMILES string of the molecule is O=C1CC(c2noc(-c3ccc(F)c(Cl)c3)n2)CN1c1ccc(F)cc1. The molecule has 0 spiro atoms. The van der Waals surface area contributed by atoms with Crippen molar-refractivity contribution in [3.8, 4) is 11.5 Å². The number of hydrogen-bond acceptors (Lipinski definition) is 4. The highest BCUT2D eigenvalue weighted by molar-refractivity contribution is 6.31. The molecule has 1 saturated heterocycles. The molecule has 2 heterocycles. The Morgan fingerprint density at radius 1 is 1.15 bits per heavy atom. The maximum absolute atomic E-state index is 13.3. The molecule has 2 aromatic carbocycles. The molecular weight excluding hydrogens is 364 g/mol. The van der Waals surface area contributed by atoms with Crippen LogP contribution in [0.4, 0.5) is 14.5 Å². The number of amides is 1. The highest BCUT2D eigenvalue weighted by Gasteiger charge is 2.34. The van der Waals surface area contributed by atoms with Gasteiger partial charge in [-0.2, -0.15) is 4.98 Å². The van der Waals surface area contributed by atoms with Gasteiger partial charge in [-0.05, 0) is 42.5 Å². The molecule has 0 radical (unpaired) electrons. The smallest absolute Gasteiger partial charge is 0.257 e. The molecule has 1 unspecified atom stereocenters. The number of hydrogen-bond donors (Lipinski definition) is 0. The van der Waals surface area contributed by atoms with Crippen LogP contribution in [0.2, 0.25) is 5.02 Å². The maximum atomic E-state index is 13.3. The molecule has 26 heavy (non-hydrogen) atoms. The predicted octanol–water partition coefficient (Wildman–Crippen LogP) is 4.19. The van der Waals surface area contributed by atoms with Crippen LogP contribution < -0.4 is 4.90 Å². The number of carbonyl (C=O) groups is 1. The monoisotopic (exact) mass is 375 g/mol. The molecule has 132 valence electrons. The topological polar surface area (TPSA) is 59.2 Å². The van der Waals surface area contributed by atoms with E-state index in [9.17, 15) is 13.6 Å². The van der Waals surface area contributed by atoms with Crippen molar-refractivity contribution in [1.82, 2.24) is 10.1 Å². The molecule has 1 amide bonds. The Morgan fingerprint density at radius 3 is 2.65 bits per heavy atom. The van der Waals surface area contributed by atoms with E-state index in [1.165, 1.54) is 30.3 Å². The third kappa shape index (κ3) is 3.06. The highest BCUT2D eigenvalue weighted by atomic mass is 35.5. The lowest BCUT2D eigenvalue weighted by Gasteiger charge is -2.15. The van der Waals surface area contributed by atoms with E-state index < -0.39 is 5.82 Å².